The molecule has 0 fully saturated rings. The number of pyridine rings is 1. The Balaban J connectivity index is 2.24. The molecule has 3 nitrogen and oxygen atoms in total. The predicted octanol–water partition coefficient (Wildman–Crippen LogP) is 4.91. The molecule has 1 aromatic heterocycles. The normalized spacial score (nSPS) is 10.4. The molecule has 0 amide bonds. The van der Waals surface area contributed by atoms with Crippen molar-refractivity contribution >= 4 is 21.7 Å². The second-order valence-electron chi connectivity index (χ2n) is 5.07. The summed E-state index contributed by atoms with van der Waals surface area (Å²) < 4.78 is 27.6. The molecule has 0 aliphatic heterocycles. The van der Waals surface area contributed by atoms with Gasteiger partial charge in [0.2, 0.25) is 0 Å². The Bertz CT molecular complexity index is 980. The second kappa shape index (κ2) is 6.38. The van der Waals surface area contributed by atoms with Gasteiger partial charge in [-0.25, -0.2) is 13.8 Å². The van der Waals surface area contributed by atoms with Crippen LogP contribution in [-0.4, -0.2) is 4.98 Å². The summed E-state index contributed by atoms with van der Waals surface area (Å²) in [6.45, 7) is 0. The molecule has 118 valence electrons. The largest absolute Gasteiger partial charge is 0.383 e. The number of anilines is 1. The van der Waals surface area contributed by atoms with Crippen molar-refractivity contribution in [2.24, 2.45) is 0 Å². The minimum atomic E-state index is -0.990. The van der Waals surface area contributed by atoms with E-state index in [1.165, 1.54) is 6.07 Å². The standard InChI is InChI=1S/C18H10BrF2N3/c19-12-3-1-2-11(6-12)17-8-13(14(9-22)18(23)24-17)10-4-5-15(20)16(21)7-10/h1-8H,(H2,23,24). The lowest BCUT2D eigenvalue weighted by Gasteiger charge is -2.11. The molecule has 0 aliphatic rings. The molecule has 6 heteroatoms. The number of nitrogens with two attached hydrogens (primary N) is 1. The number of nitrogens with zero attached hydrogens (tertiary/aromatic N) is 2. The van der Waals surface area contributed by atoms with Crippen molar-refractivity contribution in [3.05, 3.63) is 70.2 Å². The summed E-state index contributed by atoms with van der Waals surface area (Å²) in [7, 11) is 0. The van der Waals surface area contributed by atoms with Crippen LogP contribution in [0.15, 0.2) is 53.0 Å². The smallest absolute Gasteiger partial charge is 0.159 e. The van der Waals surface area contributed by atoms with Gasteiger partial charge in [0.05, 0.1) is 5.69 Å². The zero-order valence-electron chi connectivity index (χ0n) is 12.2. The maximum Gasteiger partial charge on any atom is 0.159 e. The van der Waals surface area contributed by atoms with Gasteiger partial charge in [0.15, 0.2) is 11.6 Å². The molecule has 0 saturated carbocycles. The van der Waals surface area contributed by atoms with E-state index in [1.807, 2.05) is 30.3 Å². The van der Waals surface area contributed by atoms with Crippen LogP contribution in [0.5, 0.6) is 0 Å². The first-order valence-corrected chi connectivity index (χ1v) is 7.71. The Morgan fingerprint density at radius 2 is 1.79 bits per heavy atom. The quantitative estimate of drug-likeness (QED) is 0.681. The third-order valence-corrected chi connectivity index (χ3v) is 4.00. The van der Waals surface area contributed by atoms with Crippen molar-refractivity contribution in [3.63, 3.8) is 0 Å². The first-order valence-electron chi connectivity index (χ1n) is 6.91. The zero-order valence-corrected chi connectivity index (χ0v) is 13.8. The number of nitriles is 1. The van der Waals surface area contributed by atoms with Crippen molar-refractivity contribution in [1.82, 2.24) is 4.98 Å². The first kappa shape index (κ1) is 16.1. The third-order valence-electron chi connectivity index (χ3n) is 3.51. The van der Waals surface area contributed by atoms with Crippen molar-refractivity contribution in [2.75, 3.05) is 5.73 Å². The average molecular weight is 386 g/mol. The predicted molar refractivity (Wildman–Crippen MR) is 91.9 cm³/mol. The molecular formula is C18H10BrF2N3. The van der Waals surface area contributed by atoms with Crippen molar-refractivity contribution < 1.29 is 8.78 Å². The molecule has 2 aromatic carbocycles. The van der Waals surface area contributed by atoms with E-state index < -0.39 is 11.6 Å². The van der Waals surface area contributed by atoms with Crippen LogP contribution in [0.4, 0.5) is 14.6 Å². The molecule has 0 bridgehead atoms. The fourth-order valence-electron chi connectivity index (χ4n) is 2.37. The summed E-state index contributed by atoms with van der Waals surface area (Å²) >= 11 is 3.38. The van der Waals surface area contributed by atoms with Crippen LogP contribution in [0.1, 0.15) is 5.56 Å². The minimum Gasteiger partial charge on any atom is -0.383 e. The van der Waals surface area contributed by atoms with Crippen molar-refractivity contribution in [2.45, 2.75) is 0 Å². The number of aromatic nitrogens is 1. The molecule has 0 unspecified atom stereocenters. The van der Waals surface area contributed by atoms with Crippen LogP contribution in [0.25, 0.3) is 22.4 Å². The van der Waals surface area contributed by atoms with E-state index in [0.29, 0.717) is 16.8 Å². The number of halogens is 3. The van der Waals surface area contributed by atoms with Crippen molar-refractivity contribution in [3.8, 4) is 28.5 Å². The lowest BCUT2D eigenvalue weighted by atomic mass is 9.98. The van der Waals surface area contributed by atoms with Crippen LogP contribution >= 0.6 is 15.9 Å². The molecule has 3 aromatic rings. The summed E-state index contributed by atoms with van der Waals surface area (Å²) in [4.78, 5) is 4.25. The molecule has 0 saturated heterocycles. The van der Waals surface area contributed by atoms with Crippen LogP contribution in [-0.2, 0) is 0 Å². The maximum atomic E-state index is 13.6. The van der Waals surface area contributed by atoms with Gasteiger partial charge >= 0.3 is 0 Å². The Labute approximate surface area is 145 Å². The zero-order chi connectivity index (χ0) is 17.3. The third kappa shape index (κ3) is 2.99. The van der Waals surface area contributed by atoms with Crippen LogP contribution in [0.3, 0.4) is 0 Å². The first-order chi connectivity index (χ1) is 11.5. The summed E-state index contributed by atoms with van der Waals surface area (Å²) in [5.41, 5.74) is 8.10. The van der Waals surface area contributed by atoms with E-state index in [1.54, 1.807) is 6.07 Å². The number of nitrogen functional groups attached to an aromatic ring is 1. The van der Waals surface area contributed by atoms with E-state index in [9.17, 15) is 14.0 Å². The summed E-state index contributed by atoms with van der Waals surface area (Å²) in [5, 5.41) is 9.34. The molecule has 0 aliphatic carbocycles. The van der Waals surface area contributed by atoms with Crippen LogP contribution < -0.4 is 5.73 Å². The van der Waals surface area contributed by atoms with Crippen LogP contribution in [0, 0.1) is 23.0 Å². The van der Waals surface area contributed by atoms with Gasteiger partial charge in [0.1, 0.15) is 17.5 Å². The summed E-state index contributed by atoms with van der Waals surface area (Å²) in [6, 6.07) is 14.5. The van der Waals surface area contributed by atoms with E-state index in [-0.39, 0.29) is 11.4 Å². The highest BCUT2D eigenvalue weighted by molar-refractivity contribution is 9.10. The van der Waals surface area contributed by atoms with Gasteiger partial charge in [0, 0.05) is 15.6 Å². The van der Waals surface area contributed by atoms with Gasteiger partial charge in [-0.15, -0.1) is 0 Å². The van der Waals surface area contributed by atoms with Gasteiger partial charge in [-0.2, -0.15) is 5.26 Å². The number of rotatable bonds is 2. The molecule has 0 radical (unpaired) electrons. The molecule has 0 atom stereocenters. The fourth-order valence-corrected chi connectivity index (χ4v) is 2.77. The molecular weight excluding hydrogens is 376 g/mol. The van der Waals surface area contributed by atoms with E-state index in [0.717, 1.165) is 22.2 Å². The highest BCUT2D eigenvalue weighted by atomic mass is 79.9. The lowest BCUT2D eigenvalue weighted by molar-refractivity contribution is 0.509. The van der Waals surface area contributed by atoms with Gasteiger partial charge in [-0.1, -0.05) is 34.1 Å². The van der Waals surface area contributed by atoms with Crippen LogP contribution in [0.2, 0.25) is 0 Å². The molecule has 24 heavy (non-hydrogen) atoms. The summed E-state index contributed by atoms with van der Waals surface area (Å²) in [6.07, 6.45) is 0. The highest BCUT2D eigenvalue weighted by Crippen LogP contribution is 2.32. The van der Waals surface area contributed by atoms with E-state index in [4.69, 9.17) is 5.73 Å². The number of benzene rings is 2. The second-order valence-corrected chi connectivity index (χ2v) is 5.98. The Morgan fingerprint density at radius 3 is 2.46 bits per heavy atom. The maximum absolute atomic E-state index is 13.6. The van der Waals surface area contributed by atoms with Crippen molar-refractivity contribution in [1.29, 1.82) is 5.26 Å². The Morgan fingerprint density at radius 1 is 1.00 bits per heavy atom. The highest BCUT2D eigenvalue weighted by Gasteiger charge is 2.15. The molecule has 2 N–H and O–H groups in total. The molecule has 0 spiro atoms. The SMILES string of the molecule is N#Cc1c(-c2ccc(F)c(F)c2)cc(-c2cccc(Br)c2)nc1N. The summed E-state index contributed by atoms with van der Waals surface area (Å²) in [5.74, 6) is -1.91. The van der Waals surface area contributed by atoms with Gasteiger partial charge in [0.25, 0.3) is 0 Å². The minimum absolute atomic E-state index is 0.0368. The fraction of sp³-hybridized carbons (Fsp3) is 0. The van der Waals surface area contributed by atoms with E-state index >= 15 is 0 Å². The van der Waals surface area contributed by atoms with Gasteiger partial charge < -0.3 is 5.73 Å². The Hall–Kier alpha value is -2.78. The van der Waals surface area contributed by atoms with E-state index in [2.05, 4.69) is 20.9 Å². The monoisotopic (exact) mass is 385 g/mol. The van der Waals surface area contributed by atoms with Gasteiger partial charge in [-0.05, 0) is 35.9 Å². The Kier molecular flexibility index (Phi) is 4.28. The topological polar surface area (TPSA) is 62.7 Å². The molecule has 3 rings (SSSR count). The number of hydrogen-bond acceptors (Lipinski definition) is 3. The molecule has 1 heterocycles. The number of hydrogen-bond donors (Lipinski definition) is 1. The average Bonchev–Trinajstić information content (AvgIpc) is 2.56. The lowest BCUT2D eigenvalue weighted by Crippen LogP contribution is -2.00. The van der Waals surface area contributed by atoms with Gasteiger partial charge in [-0.3, -0.25) is 0 Å².